The Morgan fingerprint density at radius 1 is 1.20 bits per heavy atom. The normalized spacial score (nSPS) is 10.2. The van der Waals surface area contributed by atoms with Gasteiger partial charge in [0.2, 0.25) is 0 Å². The van der Waals surface area contributed by atoms with E-state index in [1.165, 1.54) is 23.5 Å². The van der Waals surface area contributed by atoms with Crippen molar-refractivity contribution in [2.24, 2.45) is 0 Å². The molecule has 0 N–H and O–H groups in total. The van der Waals surface area contributed by atoms with E-state index in [0.29, 0.717) is 0 Å². The zero-order valence-electron chi connectivity index (χ0n) is 7.94. The molecular weight excluding hydrogens is 211 g/mol. The van der Waals surface area contributed by atoms with Crippen molar-refractivity contribution in [3.05, 3.63) is 58.0 Å². The lowest BCUT2D eigenvalue weighted by Crippen LogP contribution is -2.04. The Labute approximate surface area is 91.2 Å². The molecule has 2 rings (SSSR count). The van der Waals surface area contributed by atoms with Gasteiger partial charge in [-0.05, 0) is 23.6 Å². The Balaban J connectivity index is 2.19. The van der Waals surface area contributed by atoms with Crippen molar-refractivity contribution in [3.8, 4) is 0 Å². The Kier molecular flexibility index (Phi) is 2.92. The van der Waals surface area contributed by atoms with Crippen LogP contribution in [0, 0.1) is 5.82 Å². The molecule has 1 nitrogen and oxygen atoms in total. The molecule has 0 saturated carbocycles. The highest BCUT2D eigenvalue weighted by Crippen LogP contribution is 2.14. The molecule has 1 aromatic heterocycles. The molecule has 3 heteroatoms. The molecule has 0 fully saturated rings. The number of thiophene rings is 1. The second-order valence-electron chi connectivity index (χ2n) is 3.16. The van der Waals surface area contributed by atoms with E-state index in [9.17, 15) is 9.18 Å². The summed E-state index contributed by atoms with van der Waals surface area (Å²) in [6, 6.07) is 9.84. The number of hydrogen-bond acceptors (Lipinski definition) is 2. The van der Waals surface area contributed by atoms with E-state index < -0.39 is 5.82 Å². The van der Waals surface area contributed by atoms with Gasteiger partial charge in [-0.3, -0.25) is 4.79 Å². The summed E-state index contributed by atoms with van der Waals surface area (Å²) in [5.74, 6) is -0.616. The number of ketones is 1. The van der Waals surface area contributed by atoms with Gasteiger partial charge in [0, 0.05) is 11.3 Å². The fraction of sp³-hybridized carbons (Fsp3) is 0.0833. The van der Waals surface area contributed by atoms with E-state index in [2.05, 4.69) is 0 Å². The molecule has 1 heterocycles. The van der Waals surface area contributed by atoms with Gasteiger partial charge in [-0.15, -0.1) is 11.3 Å². The van der Waals surface area contributed by atoms with Crippen molar-refractivity contribution in [3.63, 3.8) is 0 Å². The van der Waals surface area contributed by atoms with Crippen LogP contribution in [-0.2, 0) is 6.42 Å². The van der Waals surface area contributed by atoms with Crippen LogP contribution in [0.25, 0.3) is 0 Å². The average Bonchev–Trinajstić information content (AvgIpc) is 2.71. The van der Waals surface area contributed by atoms with Crippen LogP contribution in [0.3, 0.4) is 0 Å². The highest BCUT2D eigenvalue weighted by Gasteiger charge is 2.11. The highest BCUT2D eigenvalue weighted by molar-refractivity contribution is 7.10. The number of rotatable bonds is 3. The molecule has 0 radical (unpaired) electrons. The third kappa shape index (κ3) is 2.30. The van der Waals surface area contributed by atoms with Crippen LogP contribution in [0.4, 0.5) is 4.39 Å². The highest BCUT2D eigenvalue weighted by atomic mass is 32.1. The van der Waals surface area contributed by atoms with Crippen LogP contribution in [0.5, 0.6) is 0 Å². The van der Waals surface area contributed by atoms with Gasteiger partial charge < -0.3 is 0 Å². The van der Waals surface area contributed by atoms with Gasteiger partial charge in [-0.1, -0.05) is 18.2 Å². The molecule has 2 aromatic rings. The van der Waals surface area contributed by atoms with E-state index >= 15 is 0 Å². The summed E-state index contributed by atoms with van der Waals surface area (Å²) in [6.45, 7) is 0. The standard InChI is InChI=1S/C12H9FOS/c13-11-6-2-1-5-10(11)12(14)8-9-4-3-7-15-9/h1-7H,8H2. The van der Waals surface area contributed by atoms with Gasteiger partial charge >= 0.3 is 0 Å². The van der Waals surface area contributed by atoms with Crippen LogP contribution < -0.4 is 0 Å². The average molecular weight is 220 g/mol. The number of benzene rings is 1. The summed E-state index contributed by atoms with van der Waals surface area (Å²) in [6.07, 6.45) is 0.276. The first-order chi connectivity index (χ1) is 7.27. The third-order valence-corrected chi connectivity index (χ3v) is 2.97. The van der Waals surface area contributed by atoms with Crippen LogP contribution in [-0.4, -0.2) is 5.78 Å². The van der Waals surface area contributed by atoms with Gasteiger partial charge in [0.25, 0.3) is 0 Å². The summed E-state index contributed by atoms with van der Waals surface area (Å²) >= 11 is 1.51. The smallest absolute Gasteiger partial charge is 0.170 e. The van der Waals surface area contributed by atoms with Crippen LogP contribution in [0.1, 0.15) is 15.2 Å². The lowest BCUT2D eigenvalue weighted by atomic mass is 10.1. The fourth-order valence-corrected chi connectivity index (χ4v) is 2.06. The fourth-order valence-electron chi connectivity index (χ4n) is 1.35. The van der Waals surface area contributed by atoms with E-state index in [1.807, 2.05) is 17.5 Å². The molecule has 0 amide bonds. The summed E-state index contributed by atoms with van der Waals surface area (Å²) in [7, 11) is 0. The van der Waals surface area contributed by atoms with E-state index in [1.54, 1.807) is 12.1 Å². The number of carbonyl (C=O) groups is 1. The summed E-state index contributed by atoms with van der Waals surface area (Å²) in [5.41, 5.74) is 0.172. The minimum absolute atomic E-state index is 0.171. The molecule has 0 saturated heterocycles. The molecule has 0 aliphatic rings. The quantitative estimate of drug-likeness (QED) is 0.725. The minimum atomic E-state index is -0.445. The van der Waals surface area contributed by atoms with Crippen molar-refractivity contribution in [1.29, 1.82) is 0 Å². The molecule has 0 aliphatic heterocycles. The summed E-state index contributed by atoms with van der Waals surface area (Å²) < 4.78 is 13.3. The van der Waals surface area contributed by atoms with Crippen LogP contribution in [0.2, 0.25) is 0 Å². The maximum atomic E-state index is 13.3. The molecular formula is C12H9FOS. The molecule has 0 atom stereocenters. The number of Topliss-reactive ketones (excluding diaryl/α,β-unsaturated/α-hetero) is 1. The predicted molar refractivity (Wildman–Crippen MR) is 58.8 cm³/mol. The monoisotopic (exact) mass is 220 g/mol. The second-order valence-corrected chi connectivity index (χ2v) is 4.19. The Morgan fingerprint density at radius 3 is 2.67 bits per heavy atom. The maximum absolute atomic E-state index is 13.3. The number of carbonyl (C=O) groups excluding carboxylic acids is 1. The first-order valence-electron chi connectivity index (χ1n) is 4.57. The van der Waals surface area contributed by atoms with E-state index in [4.69, 9.17) is 0 Å². The minimum Gasteiger partial charge on any atom is -0.294 e. The molecule has 76 valence electrons. The Hall–Kier alpha value is -1.48. The zero-order chi connectivity index (χ0) is 10.7. The van der Waals surface area contributed by atoms with Gasteiger partial charge in [-0.2, -0.15) is 0 Å². The van der Waals surface area contributed by atoms with Crippen molar-refractivity contribution in [2.75, 3.05) is 0 Å². The first-order valence-corrected chi connectivity index (χ1v) is 5.45. The largest absolute Gasteiger partial charge is 0.294 e. The van der Waals surface area contributed by atoms with E-state index in [-0.39, 0.29) is 17.8 Å². The lowest BCUT2D eigenvalue weighted by Gasteiger charge is -2.00. The van der Waals surface area contributed by atoms with Gasteiger partial charge in [0.15, 0.2) is 5.78 Å². The molecule has 0 aliphatic carbocycles. The first kappa shape index (κ1) is 10.1. The third-order valence-electron chi connectivity index (χ3n) is 2.09. The molecule has 0 spiro atoms. The summed E-state index contributed by atoms with van der Waals surface area (Å²) in [4.78, 5) is 12.7. The lowest BCUT2D eigenvalue weighted by molar-refractivity contribution is 0.0990. The van der Waals surface area contributed by atoms with Crippen LogP contribution >= 0.6 is 11.3 Å². The van der Waals surface area contributed by atoms with Crippen molar-refractivity contribution in [2.45, 2.75) is 6.42 Å². The molecule has 0 unspecified atom stereocenters. The molecule has 15 heavy (non-hydrogen) atoms. The van der Waals surface area contributed by atoms with Gasteiger partial charge in [-0.25, -0.2) is 4.39 Å². The number of halogens is 1. The molecule has 0 bridgehead atoms. The number of hydrogen-bond donors (Lipinski definition) is 0. The van der Waals surface area contributed by atoms with Gasteiger partial charge in [0.1, 0.15) is 5.82 Å². The van der Waals surface area contributed by atoms with E-state index in [0.717, 1.165) is 4.88 Å². The predicted octanol–water partition coefficient (Wildman–Crippen LogP) is 3.31. The molecule has 1 aromatic carbocycles. The van der Waals surface area contributed by atoms with Crippen molar-refractivity contribution in [1.82, 2.24) is 0 Å². The maximum Gasteiger partial charge on any atom is 0.170 e. The Bertz CT molecular complexity index is 462. The topological polar surface area (TPSA) is 17.1 Å². The van der Waals surface area contributed by atoms with Crippen molar-refractivity contribution < 1.29 is 9.18 Å². The van der Waals surface area contributed by atoms with Crippen LogP contribution in [0.15, 0.2) is 41.8 Å². The zero-order valence-corrected chi connectivity index (χ0v) is 8.76. The second kappa shape index (κ2) is 4.36. The van der Waals surface area contributed by atoms with Gasteiger partial charge in [0.05, 0.1) is 5.56 Å². The summed E-state index contributed by atoms with van der Waals surface area (Å²) in [5, 5.41) is 1.91. The Morgan fingerprint density at radius 2 is 2.00 bits per heavy atom. The SMILES string of the molecule is O=C(Cc1cccs1)c1ccccc1F. The van der Waals surface area contributed by atoms with Crippen molar-refractivity contribution >= 4 is 17.1 Å².